The Morgan fingerprint density at radius 2 is 2.29 bits per heavy atom. The molecule has 0 aromatic carbocycles. The van der Waals surface area contributed by atoms with Crippen LogP contribution in [-0.4, -0.2) is 25.3 Å². The van der Waals surface area contributed by atoms with Crippen LogP contribution in [0.3, 0.4) is 0 Å². The second-order valence-corrected chi connectivity index (χ2v) is 3.87. The van der Waals surface area contributed by atoms with E-state index in [-0.39, 0.29) is 28.8 Å². The van der Waals surface area contributed by atoms with E-state index < -0.39 is 0 Å². The minimum atomic E-state index is -0.375. The maximum Gasteiger partial charge on any atom is 0.280 e. The average molecular weight is 231 g/mol. The van der Waals surface area contributed by atoms with Gasteiger partial charge in [-0.15, -0.1) is 0 Å². The molecule has 0 saturated heterocycles. The predicted octanol–water partition coefficient (Wildman–Crippen LogP) is -0.228. The third-order valence-electron chi connectivity index (χ3n) is 2.72. The van der Waals surface area contributed by atoms with Crippen LogP contribution in [0.5, 0.6) is 0 Å². The molecule has 2 heterocycles. The topological polar surface area (TPSA) is 107 Å². The molecule has 86 valence electrons. The molecule has 0 saturated carbocycles. The zero-order valence-electron chi connectivity index (χ0n) is 8.75. The van der Waals surface area contributed by atoms with Gasteiger partial charge in [-0.1, -0.05) is 6.08 Å². The summed E-state index contributed by atoms with van der Waals surface area (Å²) in [5, 5.41) is 0. The highest BCUT2D eigenvalue weighted by Crippen LogP contribution is 2.23. The summed E-state index contributed by atoms with van der Waals surface area (Å²) < 4.78 is 1.68. The Morgan fingerprint density at radius 1 is 1.47 bits per heavy atom. The van der Waals surface area contributed by atoms with E-state index in [4.69, 9.17) is 5.73 Å². The van der Waals surface area contributed by atoms with Crippen molar-refractivity contribution in [3.63, 3.8) is 0 Å². The molecule has 3 rings (SSSR count). The van der Waals surface area contributed by atoms with E-state index in [1.807, 2.05) is 0 Å². The SMILES string of the molecule is Nc1nc2c(ncn2C2C=CC(=O)C2)c(=O)[nH]1. The predicted molar refractivity (Wildman–Crippen MR) is 60.4 cm³/mol. The van der Waals surface area contributed by atoms with Crippen LogP contribution < -0.4 is 11.3 Å². The Bertz CT molecular complexity index is 696. The molecule has 1 unspecified atom stereocenters. The van der Waals surface area contributed by atoms with E-state index >= 15 is 0 Å². The third-order valence-corrected chi connectivity index (χ3v) is 2.72. The van der Waals surface area contributed by atoms with Crippen molar-refractivity contribution < 1.29 is 4.79 Å². The van der Waals surface area contributed by atoms with Crippen LogP contribution in [0.15, 0.2) is 23.3 Å². The Hall–Kier alpha value is -2.44. The number of carbonyl (C=O) groups excluding carboxylic acids is 1. The number of hydrogen-bond donors (Lipinski definition) is 2. The number of fused-ring (bicyclic) bond motifs is 1. The molecule has 7 nitrogen and oxygen atoms in total. The fourth-order valence-corrected chi connectivity index (χ4v) is 1.94. The molecule has 2 aromatic heterocycles. The molecule has 7 heteroatoms. The van der Waals surface area contributed by atoms with Crippen molar-refractivity contribution in [1.29, 1.82) is 0 Å². The highest BCUT2D eigenvalue weighted by molar-refractivity contribution is 5.92. The number of rotatable bonds is 1. The number of ketones is 1. The van der Waals surface area contributed by atoms with Gasteiger partial charge in [0, 0.05) is 6.42 Å². The molecule has 1 aliphatic carbocycles. The minimum absolute atomic E-state index is 0.0394. The fraction of sp³-hybridized carbons (Fsp3) is 0.200. The lowest BCUT2D eigenvalue weighted by molar-refractivity contribution is -0.114. The second-order valence-electron chi connectivity index (χ2n) is 3.87. The van der Waals surface area contributed by atoms with Crippen LogP contribution >= 0.6 is 0 Å². The standard InChI is InChI=1S/C10H9N5O2/c11-10-13-8-7(9(17)14-10)12-4-15(8)5-1-2-6(16)3-5/h1-2,4-5H,3H2,(H3,11,13,14,17). The first-order chi connectivity index (χ1) is 8.15. The molecule has 1 atom stereocenters. The number of aromatic nitrogens is 4. The number of hydrogen-bond acceptors (Lipinski definition) is 5. The number of nitrogen functional groups attached to an aromatic ring is 1. The Balaban J connectivity index is 2.21. The largest absolute Gasteiger partial charge is 0.369 e. The Labute approximate surface area is 95.0 Å². The summed E-state index contributed by atoms with van der Waals surface area (Å²) in [5.41, 5.74) is 5.74. The van der Waals surface area contributed by atoms with Gasteiger partial charge in [0.15, 0.2) is 16.9 Å². The maximum absolute atomic E-state index is 11.6. The van der Waals surface area contributed by atoms with Crippen molar-refractivity contribution in [3.8, 4) is 0 Å². The number of imidazole rings is 1. The average Bonchev–Trinajstić information content (AvgIpc) is 2.83. The van der Waals surface area contributed by atoms with Gasteiger partial charge >= 0.3 is 0 Å². The van der Waals surface area contributed by atoms with E-state index in [1.165, 1.54) is 12.4 Å². The number of nitrogens with zero attached hydrogens (tertiary/aromatic N) is 3. The highest BCUT2D eigenvalue weighted by atomic mass is 16.1. The normalized spacial score (nSPS) is 19.3. The number of allylic oxidation sites excluding steroid dienone is 2. The summed E-state index contributed by atoms with van der Waals surface area (Å²) in [6.45, 7) is 0. The van der Waals surface area contributed by atoms with Crippen molar-refractivity contribution in [1.82, 2.24) is 19.5 Å². The third kappa shape index (κ3) is 1.43. The van der Waals surface area contributed by atoms with Gasteiger partial charge in [0.25, 0.3) is 5.56 Å². The molecule has 2 aromatic rings. The summed E-state index contributed by atoms with van der Waals surface area (Å²) in [6, 6.07) is -0.138. The number of aromatic amines is 1. The molecule has 0 radical (unpaired) electrons. The zero-order valence-corrected chi connectivity index (χ0v) is 8.75. The van der Waals surface area contributed by atoms with Crippen LogP contribution in [-0.2, 0) is 4.79 Å². The molecule has 0 spiro atoms. The first-order valence-electron chi connectivity index (χ1n) is 5.08. The maximum atomic E-state index is 11.6. The van der Waals surface area contributed by atoms with Crippen LogP contribution in [0.1, 0.15) is 12.5 Å². The van der Waals surface area contributed by atoms with Crippen LogP contribution in [0.25, 0.3) is 11.2 Å². The van der Waals surface area contributed by atoms with Crippen LogP contribution in [0.4, 0.5) is 5.95 Å². The second kappa shape index (κ2) is 3.27. The molecule has 0 fully saturated rings. The summed E-state index contributed by atoms with van der Waals surface area (Å²) in [6.07, 6.45) is 5.15. The number of nitrogens with two attached hydrogens (primary N) is 1. The lowest BCUT2D eigenvalue weighted by Gasteiger charge is -2.08. The van der Waals surface area contributed by atoms with Crippen molar-refractivity contribution in [2.75, 3.05) is 5.73 Å². The van der Waals surface area contributed by atoms with Crippen LogP contribution in [0, 0.1) is 0 Å². The number of carbonyl (C=O) groups is 1. The molecule has 17 heavy (non-hydrogen) atoms. The molecular weight excluding hydrogens is 222 g/mol. The van der Waals surface area contributed by atoms with Gasteiger partial charge in [0.2, 0.25) is 5.95 Å². The molecule has 0 bridgehead atoms. The monoisotopic (exact) mass is 231 g/mol. The minimum Gasteiger partial charge on any atom is -0.369 e. The Morgan fingerprint density at radius 3 is 3.00 bits per heavy atom. The van der Waals surface area contributed by atoms with E-state index in [2.05, 4.69) is 15.0 Å². The van der Waals surface area contributed by atoms with Gasteiger partial charge in [-0.2, -0.15) is 4.98 Å². The number of anilines is 1. The van der Waals surface area contributed by atoms with Crippen LogP contribution in [0.2, 0.25) is 0 Å². The van der Waals surface area contributed by atoms with E-state index in [0.29, 0.717) is 12.1 Å². The number of nitrogens with one attached hydrogen (secondary N) is 1. The molecular formula is C10H9N5O2. The molecule has 3 N–H and O–H groups in total. The van der Waals surface area contributed by atoms with Crippen molar-refractivity contribution in [3.05, 3.63) is 28.8 Å². The van der Waals surface area contributed by atoms with E-state index in [9.17, 15) is 9.59 Å². The highest BCUT2D eigenvalue weighted by Gasteiger charge is 2.20. The van der Waals surface area contributed by atoms with Gasteiger partial charge in [0.1, 0.15) is 0 Å². The fourth-order valence-electron chi connectivity index (χ4n) is 1.94. The van der Waals surface area contributed by atoms with Crippen molar-refractivity contribution in [2.24, 2.45) is 0 Å². The number of H-pyrrole nitrogens is 1. The van der Waals surface area contributed by atoms with Gasteiger partial charge in [-0.3, -0.25) is 14.6 Å². The summed E-state index contributed by atoms with van der Waals surface area (Å²) in [7, 11) is 0. The van der Waals surface area contributed by atoms with Gasteiger partial charge in [-0.05, 0) is 6.08 Å². The smallest absolute Gasteiger partial charge is 0.280 e. The van der Waals surface area contributed by atoms with Gasteiger partial charge < -0.3 is 10.3 Å². The lowest BCUT2D eigenvalue weighted by Crippen LogP contribution is -2.13. The zero-order chi connectivity index (χ0) is 12.0. The molecule has 0 amide bonds. The van der Waals surface area contributed by atoms with Crippen molar-refractivity contribution in [2.45, 2.75) is 12.5 Å². The first-order valence-corrected chi connectivity index (χ1v) is 5.08. The quantitative estimate of drug-likeness (QED) is 0.705. The summed E-state index contributed by atoms with van der Waals surface area (Å²) in [5.74, 6) is 0.0900. The van der Waals surface area contributed by atoms with Crippen molar-refractivity contribution >= 4 is 22.9 Å². The summed E-state index contributed by atoms with van der Waals surface area (Å²) >= 11 is 0. The summed E-state index contributed by atoms with van der Waals surface area (Å²) in [4.78, 5) is 33.1. The van der Waals surface area contributed by atoms with E-state index in [1.54, 1.807) is 10.6 Å². The van der Waals surface area contributed by atoms with Gasteiger partial charge in [0.05, 0.1) is 12.4 Å². The lowest BCUT2D eigenvalue weighted by atomic mass is 10.2. The Kier molecular flexibility index (Phi) is 1.88. The molecule has 1 aliphatic rings. The van der Waals surface area contributed by atoms with Gasteiger partial charge in [-0.25, -0.2) is 4.98 Å². The van der Waals surface area contributed by atoms with E-state index in [0.717, 1.165) is 0 Å². The first kappa shape index (κ1) is 9.76. The molecule has 0 aliphatic heterocycles.